The van der Waals surface area contributed by atoms with Gasteiger partial charge in [0.25, 0.3) is 0 Å². The van der Waals surface area contributed by atoms with Crippen molar-refractivity contribution < 1.29 is 9.47 Å². The van der Waals surface area contributed by atoms with Crippen molar-refractivity contribution in [1.82, 2.24) is 0 Å². The van der Waals surface area contributed by atoms with Gasteiger partial charge in [-0.05, 0) is 18.4 Å². The maximum atomic E-state index is 5.83. The van der Waals surface area contributed by atoms with Crippen molar-refractivity contribution in [3.63, 3.8) is 0 Å². The molecule has 0 radical (unpaired) electrons. The van der Waals surface area contributed by atoms with Crippen LogP contribution in [0.1, 0.15) is 37.9 Å². The molecule has 1 heterocycles. The molecular weight excluding hydrogens is 188 g/mol. The Labute approximate surface area is 91.2 Å². The van der Waals surface area contributed by atoms with E-state index < -0.39 is 0 Å². The molecule has 2 nitrogen and oxygen atoms in total. The van der Waals surface area contributed by atoms with Gasteiger partial charge in [0.1, 0.15) is 6.10 Å². The molecule has 1 fully saturated rings. The van der Waals surface area contributed by atoms with Crippen LogP contribution < -0.4 is 0 Å². The van der Waals surface area contributed by atoms with Crippen LogP contribution in [-0.2, 0) is 9.47 Å². The molecule has 2 unspecified atom stereocenters. The van der Waals surface area contributed by atoms with Gasteiger partial charge in [-0.15, -0.1) is 0 Å². The van der Waals surface area contributed by atoms with E-state index in [1.54, 1.807) is 0 Å². The van der Waals surface area contributed by atoms with Crippen LogP contribution in [0.15, 0.2) is 30.3 Å². The molecule has 2 rings (SSSR count). The Hall–Kier alpha value is -0.860. The van der Waals surface area contributed by atoms with Gasteiger partial charge in [0.05, 0.1) is 6.61 Å². The number of hydrogen-bond acceptors (Lipinski definition) is 2. The fourth-order valence-electron chi connectivity index (χ4n) is 1.82. The van der Waals surface area contributed by atoms with Gasteiger partial charge in [-0.1, -0.05) is 43.7 Å². The van der Waals surface area contributed by atoms with Gasteiger partial charge >= 0.3 is 0 Å². The summed E-state index contributed by atoms with van der Waals surface area (Å²) in [6.45, 7) is 2.88. The van der Waals surface area contributed by atoms with Crippen molar-refractivity contribution in [3.8, 4) is 0 Å². The molecule has 1 aliphatic rings. The van der Waals surface area contributed by atoms with Crippen LogP contribution in [0.2, 0.25) is 0 Å². The Kier molecular flexibility index (Phi) is 3.75. The molecule has 0 bridgehead atoms. The highest BCUT2D eigenvalue weighted by atomic mass is 16.7. The van der Waals surface area contributed by atoms with E-state index in [1.807, 2.05) is 18.2 Å². The van der Waals surface area contributed by atoms with Crippen molar-refractivity contribution in [2.75, 3.05) is 6.61 Å². The zero-order valence-corrected chi connectivity index (χ0v) is 9.19. The molecule has 2 heteroatoms. The SMILES string of the molecule is CCCCC1OCC(c2ccccc2)O1. The third-order valence-electron chi connectivity index (χ3n) is 2.71. The molecule has 2 atom stereocenters. The Morgan fingerprint density at radius 1 is 1.27 bits per heavy atom. The molecule has 0 aromatic heterocycles. The quantitative estimate of drug-likeness (QED) is 0.752. The van der Waals surface area contributed by atoms with E-state index in [0.29, 0.717) is 6.61 Å². The van der Waals surface area contributed by atoms with E-state index in [0.717, 1.165) is 6.42 Å². The van der Waals surface area contributed by atoms with Crippen LogP contribution in [0.4, 0.5) is 0 Å². The highest BCUT2D eigenvalue weighted by Gasteiger charge is 2.26. The number of hydrogen-bond donors (Lipinski definition) is 0. The predicted octanol–water partition coefficient (Wildman–Crippen LogP) is 3.29. The van der Waals surface area contributed by atoms with E-state index in [1.165, 1.54) is 18.4 Å². The first kappa shape index (κ1) is 10.7. The molecule has 0 spiro atoms. The minimum atomic E-state index is 0.00940. The Bertz CT molecular complexity index is 284. The summed E-state index contributed by atoms with van der Waals surface area (Å²) in [5.74, 6) is 0. The monoisotopic (exact) mass is 206 g/mol. The van der Waals surface area contributed by atoms with E-state index >= 15 is 0 Å². The largest absolute Gasteiger partial charge is 0.350 e. The van der Waals surface area contributed by atoms with Gasteiger partial charge in [0, 0.05) is 0 Å². The van der Waals surface area contributed by atoms with Gasteiger partial charge in [0.15, 0.2) is 6.29 Å². The van der Waals surface area contributed by atoms with Crippen molar-refractivity contribution in [2.45, 2.75) is 38.6 Å². The van der Waals surface area contributed by atoms with Crippen molar-refractivity contribution >= 4 is 0 Å². The van der Waals surface area contributed by atoms with E-state index in [2.05, 4.69) is 19.1 Å². The van der Waals surface area contributed by atoms with Crippen molar-refractivity contribution in [3.05, 3.63) is 35.9 Å². The molecule has 0 N–H and O–H groups in total. The minimum absolute atomic E-state index is 0.00940. The van der Waals surface area contributed by atoms with E-state index in [4.69, 9.17) is 9.47 Å². The van der Waals surface area contributed by atoms with Crippen LogP contribution in [-0.4, -0.2) is 12.9 Å². The average molecular weight is 206 g/mol. The summed E-state index contributed by atoms with van der Waals surface area (Å²) >= 11 is 0. The second kappa shape index (κ2) is 5.29. The van der Waals surface area contributed by atoms with Gasteiger partial charge in [-0.25, -0.2) is 0 Å². The first-order chi connectivity index (χ1) is 7.40. The molecule has 82 valence electrons. The molecule has 0 saturated carbocycles. The van der Waals surface area contributed by atoms with Gasteiger partial charge < -0.3 is 9.47 Å². The minimum Gasteiger partial charge on any atom is -0.350 e. The molecule has 0 amide bonds. The van der Waals surface area contributed by atoms with Crippen LogP contribution in [0, 0.1) is 0 Å². The summed E-state index contributed by atoms with van der Waals surface area (Å²) in [6, 6.07) is 10.3. The zero-order chi connectivity index (χ0) is 10.5. The highest BCUT2D eigenvalue weighted by Crippen LogP contribution is 2.28. The predicted molar refractivity (Wildman–Crippen MR) is 59.5 cm³/mol. The number of benzene rings is 1. The topological polar surface area (TPSA) is 18.5 Å². The van der Waals surface area contributed by atoms with Gasteiger partial charge in [0.2, 0.25) is 0 Å². The lowest BCUT2D eigenvalue weighted by molar-refractivity contribution is -0.0635. The number of rotatable bonds is 4. The van der Waals surface area contributed by atoms with Crippen LogP contribution in [0.3, 0.4) is 0 Å². The Balaban J connectivity index is 1.87. The molecule has 1 saturated heterocycles. The summed E-state index contributed by atoms with van der Waals surface area (Å²) in [6.07, 6.45) is 3.52. The normalized spacial score (nSPS) is 25.7. The zero-order valence-electron chi connectivity index (χ0n) is 9.19. The summed E-state index contributed by atoms with van der Waals surface area (Å²) in [7, 11) is 0. The van der Waals surface area contributed by atoms with Gasteiger partial charge in [-0.2, -0.15) is 0 Å². The fraction of sp³-hybridized carbons (Fsp3) is 0.538. The van der Waals surface area contributed by atoms with Crippen LogP contribution >= 0.6 is 0 Å². The second-order valence-corrected chi connectivity index (χ2v) is 3.94. The molecule has 0 aliphatic carbocycles. The molecule has 1 aliphatic heterocycles. The maximum Gasteiger partial charge on any atom is 0.158 e. The molecule has 1 aromatic carbocycles. The fourth-order valence-corrected chi connectivity index (χ4v) is 1.82. The second-order valence-electron chi connectivity index (χ2n) is 3.94. The summed E-state index contributed by atoms with van der Waals surface area (Å²) < 4.78 is 11.4. The lowest BCUT2D eigenvalue weighted by Gasteiger charge is -2.10. The molecule has 1 aromatic rings. The standard InChI is InChI=1S/C13H18O2/c1-2-3-9-13-14-10-12(15-13)11-7-5-4-6-8-11/h4-8,12-13H,2-3,9-10H2,1H3. The third-order valence-corrected chi connectivity index (χ3v) is 2.71. The Morgan fingerprint density at radius 3 is 2.80 bits per heavy atom. The first-order valence-corrected chi connectivity index (χ1v) is 5.72. The first-order valence-electron chi connectivity index (χ1n) is 5.72. The lowest BCUT2D eigenvalue weighted by atomic mass is 10.1. The molecule has 15 heavy (non-hydrogen) atoms. The maximum absolute atomic E-state index is 5.83. The van der Waals surface area contributed by atoms with Crippen LogP contribution in [0.5, 0.6) is 0 Å². The van der Waals surface area contributed by atoms with E-state index in [-0.39, 0.29) is 12.4 Å². The van der Waals surface area contributed by atoms with E-state index in [9.17, 15) is 0 Å². The lowest BCUT2D eigenvalue weighted by Crippen LogP contribution is -2.07. The Morgan fingerprint density at radius 2 is 2.07 bits per heavy atom. The third kappa shape index (κ3) is 2.80. The summed E-state index contributed by atoms with van der Waals surface area (Å²) in [5, 5.41) is 0. The van der Waals surface area contributed by atoms with Gasteiger partial charge in [-0.3, -0.25) is 0 Å². The smallest absolute Gasteiger partial charge is 0.158 e. The number of ether oxygens (including phenoxy) is 2. The summed E-state index contributed by atoms with van der Waals surface area (Å²) in [4.78, 5) is 0. The average Bonchev–Trinajstić information content (AvgIpc) is 2.76. The van der Waals surface area contributed by atoms with Crippen molar-refractivity contribution in [1.29, 1.82) is 0 Å². The van der Waals surface area contributed by atoms with Crippen LogP contribution in [0.25, 0.3) is 0 Å². The highest BCUT2D eigenvalue weighted by molar-refractivity contribution is 5.18. The number of unbranched alkanes of at least 4 members (excludes halogenated alkanes) is 1. The molecular formula is C13H18O2. The van der Waals surface area contributed by atoms with Crippen molar-refractivity contribution in [2.24, 2.45) is 0 Å². The summed E-state index contributed by atoms with van der Waals surface area (Å²) in [5.41, 5.74) is 1.22.